The van der Waals surface area contributed by atoms with Crippen LogP contribution < -0.4 is 0 Å². The molecule has 0 N–H and O–H groups in total. The van der Waals surface area contributed by atoms with Crippen LogP contribution in [-0.2, 0) is 9.53 Å². The Morgan fingerprint density at radius 2 is 1.62 bits per heavy atom. The topological polar surface area (TPSA) is 67.2 Å². The Balaban J connectivity index is 2.06. The lowest BCUT2D eigenvalue weighted by Gasteiger charge is -2.10. The summed E-state index contributed by atoms with van der Waals surface area (Å²) in [6, 6.07) is 16.5. The third-order valence-electron chi connectivity index (χ3n) is 3.67. The molecule has 1 unspecified atom stereocenters. The van der Waals surface area contributed by atoms with Gasteiger partial charge in [-0.05, 0) is 29.7 Å². The molecule has 0 radical (unpaired) electrons. The van der Waals surface area contributed by atoms with E-state index in [9.17, 15) is 9.59 Å². The zero-order valence-corrected chi connectivity index (χ0v) is 14.1. The van der Waals surface area contributed by atoms with Crippen LogP contribution in [0.15, 0.2) is 48.5 Å². The first-order chi connectivity index (χ1) is 11.5. The average Bonchev–Trinajstić information content (AvgIpc) is 2.65. The van der Waals surface area contributed by atoms with Gasteiger partial charge in [-0.3, -0.25) is 9.59 Å². The van der Waals surface area contributed by atoms with Crippen LogP contribution >= 0.6 is 12.6 Å². The van der Waals surface area contributed by atoms with Gasteiger partial charge in [0.25, 0.3) is 0 Å². The minimum absolute atomic E-state index is 0.117. The van der Waals surface area contributed by atoms with Crippen molar-refractivity contribution in [3.05, 3.63) is 59.7 Å². The lowest BCUT2D eigenvalue weighted by molar-refractivity contribution is -0.140. The van der Waals surface area contributed by atoms with Crippen LogP contribution in [-0.4, -0.2) is 24.1 Å². The minimum Gasteiger partial charge on any atom is -0.469 e. The summed E-state index contributed by atoms with van der Waals surface area (Å²) < 4.78 is 4.56. The quantitative estimate of drug-likeness (QED) is 0.495. The molecule has 24 heavy (non-hydrogen) atoms. The van der Waals surface area contributed by atoms with E-state index in [-0.39, 0.29) is 18.2 Å². The highest BCUT2D eigenvalue weighted by atomic mass is 32.1. The maximum Gasteiger partial charge on any atom is 0.305 e. The van der Waals surface area contributed by atoms with E-state index in [0.29, 0.717) is 17.5 Å². The van der Waals surface area contributed by atoms with Gasteiger partial charge in [0.2, 0.25) is 0 Å². The molecule has 0 spiro atoms. The molecule has 2 rings (SSSR count). The van der Waals surface area contributed by atoms with Crippen LogP contribution in [0.25, 0.3) is 11.1 Å². The van der Waals surface area contributed by atoms with Crippen molar-refractivity contribution in [1.82, 2.24) is 0 Å². The third-order valence-corrected chi connectivity index (χ3v) is 4.16. The highest BCUT2D eigenvalue weighted by Crippen LogP contribution is 2.22. The number of methoxy groups -OCH3 is 1. The first-order valence-corrected chi connectivity index (χ1v) is 7.96. The van der Waals surface area contributed by atoms with Crippen molar-refractivity contribution in [2.75, 3.05) is 7.11 Å². The summed E-state index contributed by atoms with van der Waals surface area (Å²) in [7, 11) is 1.32. The number of carbonyl (C=O) groups is 2. The largest absolute Gasteiger partial charge is 0.469 e. The lowest BCUT2D eigenvalue weighted by Crippen LogP contribution is -2.16. The highest BCUT2D eigenvalue weighted by molar-refractivity contribution is 7.81. The molecule has 122 valence electrons. The molecule has 4 nitrogen and oxygen atoms in total. The van der Waals surface area contributed by atoms with Gasteiger partial charge in [0.1, 0.15) is 0 Å². The van der Waals surface area contributed by atoms with E-state index < -0.39 is 5.25 Å². The number of nitriles is 1. The van der Waals surface area contributed by atoms with Crippen LogP contribution in [0.5, 0.6) is 0 Å². The van der Waals surface area contributed by atoms with Crippen molar-refractivity contribution >= 4 is 24.4 Å². The summed E-state index contributed by atoms with van der Waals surface area (Å²) in [4.78, 5) is 23.4. The molecule has 0 saturated heterocycles. The molecule has 2 aromatic carbocycles. The molecule has 0 fully saturated rings. The summed E-state index contributed by atoms with van der Waals surface area (Å²) in [5, 5.41) is 8.28. The molecule has 0 bridgehead atoms. The number of Topliss-reactive ketones (excluding diaryl/α,β-unsaturated/α-hetero) is 1. The number of thiol groups is 1. The van der Waals surface area contributed by atoms with Gasteiger partial charge in [-0.25, -0.2) is 0 Å². The van der Waals surface area contributed by atoms with Gasteiger partial charge in [0.05, 0.1) is 24.0 Å². The molecule has 1 atom stereocenters. The molecule has 0 aliphatic heterocycles. The standard InChI is InChI=1S/C19H17NO3S/c1-23-18(21)11-10-17(24)19(22)16-8-6-15(7-9-16)14-4-2-13(12-20)3-5-14/h2-9,17,24H,10-11H2,1H3. The first kappa shape index (κ1) is 17.8. The number of ether oxygens (including phenoxy) is 1. The van der Waals surface area contributed by atoms with E-state index in [1.54, 1.807) is 24.3 Å². The fourth-order valence-corrected chi connectivity index (χ4v) is 2.52. The van der Waals surface area contributed by atoms with E-state index >= 15 is 0 Å². The van der Waals surface area contributed by atoms with E-state index in [2.05, 4.69) is 23.4 Å². The molecule has 2 aromatic rings. The second kappa shape index (κ2) is 8.32. The number of nitrogens with zero attached hydrogens (tertiary/aromatic N) is 1. The maximum atomic E-state index is 12.3. The van der Waals surface area contributed by atoms with E-state index in [1.165, 1.54) is 7.11 Å². The number of rotatable bonds is 6. The Labute approximate surface area is 146 Å². The fourth-order valence-electron chi connectivity index (χ4n) is 2.24. The molecule has 0 aliphatic rings. The second-order valence-electron chi connectivity index (χ2n) is 5.26. The van der Waals surface area contributed by atoms with Crippen molar-refractivity contribution in [2.45, 2.75) is 18.1 Å². The van der Waals surface area contributed by atoms with Gasteiger partial charge in [-0.2, -0.15) is 17.9 Å². The van der Waals surface area contributed by atoms with Crippen LogP contribution in [0.2, 0.25) is 0 Å². The molecule has 0 saturated carbocycles. The maximum absolute atomic E-state index is 12.3. The van der Waals surface area contributed by atoms with Crippen LogP contribution in [0.1, 0.15) is 28.8 Å². The Bertz CT molecular complexity index is 761. The number of hydrogen-bond donors (Lipinski definition) is 1. The second-order valence-corrected chi connectivity index (χ2v) is 5.88. The smallest absolute Gasteiger partial charge is 0.305 e. The highest BCUT2D eigenvalue weighted by Gasteiger charge is 2.17. The number of esters is 1. The van der Waals surface area contributed by atoms with E-state index in [4.69, 9.17) is 5.26 Å². The van der Waals surface area contributed by atoms with Crippen molar-refractivity contribution in [1.29, 1.82) is 5.26 Å². The van der Waals surface area contributed by atoms with Gasteiger partial charge in [0, 0.05) is 12.0 Å². The summed E-state index contributed by atoms with van der Waals surface area (Å²) in [5.74, 6) is -0.466. The summed E-state index contributed by atoms with van der Waals surface area (Å²) in [6.07, 6.45) is 0.506. The van der Waals surface area contributed by atoms with Crippen LogP contribution in [0.4, 0.5) is 0 Å². The first-order valence-electron chi connectivity index (χ1n) is 7.45. The van der Waals surface area contributed by atoms with Gasteiger partial charge in [-0.1, -0.05) is 36.4 Å². The van der Waals surface area contributed by atoms with Gasteiger partial charge in [0.15, 0.2) is 5.78 Å². The normalized spacial score (nSPS) is 11.4. The summed E-state index contributed by atoms with van der Waals surface area (Å²) in [5.41, 5.74) is 3.09. The SMILES string of the molecule is COC(=O)CCC(S)C(=O)c1ccc(-c2ccc(C#N)cc2)cc1. The van der Waals surface area contributed by atoms with Gasteiger partial charge >= 0.3 is 5.97 Å². The minimum atomic E-state index is -0.537. The Hall–Kier alpha value is -2.58. The molecular weight excluding hydrogens is 322 g/mol. The van der Waals surface area contributed by atoms with Crippen molar-refractivity contribution in [3.8, 4) is 17.2 Å². The van der Waals surface area contributed by atoms with Crippen LogP contribution in [0, 0.1) is 11.3 Å². The van der Waals surface area contributed by atoms with Crippen LogP contribution in [0.3, 0.4) is 0 Å². The van der Waals surface area contributed by atoms with Crippen molar-refractivity contribution in [2.24, 2.45) is 0 Å². The number of hydrogen-bond acceptors (Lipinski definition) is 5. The molecule has 5 heteroatoms. The Morgan fingerprint density at radius 3 is 2.12 bits per heavy atom. The molecule has 0 amide bonds. The summed E-state index contributed by atoms with van der Waals surface area (Å²) >= 11 is 4.28. The summed E-state index contributed by atoms with van der Waals surface area (Å²) in [6.45, 7) is 0. The molecule has 0 heterocycles. The average molecular weight is 339 g/mol. The van der Waals surface area contributed by atoms with E-state index in [0.717, 1.165) is 11.1 Å². The number of carbonyl (C=O) groups excluding carboxylic acids is 2. The predicted octanol–water partition coefficient (Wildman–Crippen LogP) is 3.66. The van der Waals surface area contributed by atoms with E-state index in [1.807, 2.05) is 24.3 Å². The number of benzene rings is 2. The number of ketones is 1. The monoisotopic (exact) mass is 339 g/mol. The van der Waals surface area contributed by atoms with Crippen molar-refractivity contribution < 1.29 is 14.3 Å². The molecule has 0 aliphatic carbocycles. The Morgan fingerprint density at radius 1 is 1.08 bits per heavy atom. The lowest BCUT2D eigenvalue weighted by atomic mass is 9.99. The van der Waals surface area contributed by atoms with Gasteiger partial charge in [-0.15, -0.1) is 0 Å². The predicted molar refractivity (Wildman–Crippen MR) is 94.9 cm³/mol. The zero-order chi connectivity index (χ0) is 17.5. The van der Waals surface area contributed by atoms with Crippen molar-refractivity contribution in [3.63, 3.8) is 0 Å². The van der Waals surface area contributed by atoms with Gasteiger partial charge < -0.3 is 4.74 Å². The fraction of sp³-hybridized carbons (Fsp3) is 0.211. The molecule has 0 aromatic heterocycles. The molecular formula is C19H17NO3S. The zero-order valence-electron chi connectivity index (χ0n) is 13.2. The Kier molecular flexibility index (Phi) is 6.16. The third kappa shape index (κ3) is 4.46.